The molecule has 0 radical (unpaired) electrons. The molecule has 1 aliphatic carbocycles. The summed E-state index contributed by atoms with van der Waals surface area (Å²) in [5, 5.41) is 0. The Hall–Kier alpha value is -2.23. The standard InChI is InChI=1S/C19H21F4N3O2/c1-27-18(13-2-4-14(20)5-3-13)9-6-15(7-10-18)28-26-25-17-8-11-24-12-16(17)19(21,22)23/h2-5,8,11-12,15,26H,6-7,9-10H2,1H3,(H,24,25). The fourth-order valence-electron chi connectivity index (χ4n) is 3.44. The van der Waals surface area contributed by atoms with Crippen LogP contribution in [0.3, 0.4) is 0 Å². The zero-order chi connectivity index (χ0) is 20.2. The van der Waals surface area contributed by atoms with Crippen LogP contribution in [0.5, 0.6) is 0 Å². The maximum atomic E-state index is 13.2. The highest BCUT2D eigenvalue weighted by molar-refractivity contribution is 5.49. The third kappa shape index (κ3) is 4.60. The number of aromatic nitrogens is 1. The van der Waals surface area contributed by atoms with Gasteiger partial charge in [-0.3, -0.25) is 15.2 Å². The molecular formula is C19H21F4N3O2. The topological polar surface area (TPSA) is 55.4 Å². The molecule has 0 spiro atoms. The number of methoxy groups -OCH3 is 1. The average Bonchev–Trinajstić information content (AvgIpc) is 2.69. The van der Waals surface area contributed by atoms with E-state index in [-0.39, 0.29) is 17.6 Å². The Bertz CT molecular complexity index is 775. The monoisotopic (exact) mass is 399 g/mol. The summed E-state index contributed by atoms with van der Waals surface area (Å²) in [6.07, 6.45) is -0.168. The molecular weight excluding hydrogens is 378 g/mol. The van der Waals surface area contributed by atoms with E-state index in [1.54, 1.807) is 19.2 Å². The second-order valence-electron chi connectivity index (χ2n) is 6.67. The van der Waals surface area contributed by atoms with Gasteiger partial charge in [-0.25, -0.2) is 4.39 Å². The van der Waals surface area contributed by atoms with E-state index in [2.05, 4.69) is 16.0 Å². The minimum absolute atomic E-state index is 0.171. The fourth-order valence-corrected chi connectivity index (χ4v) is 3.44. The van der Waals surface area contributed by atoms with Crippen LogP contribution in [0.15, 0.2) is 42.7 Å². The molecule has 0 unspecified atom stereocenters. The summed E-state index contributed by atoms with van der Waals surface area (Å²) in [4.78, 5) is 8.99. The van der Waals surface area contributed by atoms with Gasteiger partial charge in [0.25, 0.3) is 0 Å². The minimum atomic E-state index is -4.52. The molecule has 0 aliphatic heterocycles. The van der Waals surface area contributed by atoms with E-state index >= 15 is 0 Å². The van der Waals surface area contributed by atoms with Crippen LogP contribution < -0.4 is 11.0 Å². The molecule has 9 heteroatoms. The van der Waals surface area contributed by atoms with Crippen molar-refractivity contribution in [3.63, 3.8) is 0 Å². The van der Waals surface area contributed by atoms with Crippen LogP contribution in [0.4, 0.5) is 23.2 Å². The van der Waals surface area contributed by atoms with Gasteiger partial charge in [0.1, 0.15) is 5.82 Å². The van der Waals surface area contributed by atoms with Crippen LogP contribution >= 0.6 is 0 Å². The van der Waals surface area contributed by atoms with Crippen molar-refractivity contribution in [2.75, 3.05) is 12.5 Å². The van der Waals surface area contributed by atoms with E-state index in [1.165, 1.54) is 24.4 Å². The lowest BCUT2D eigenvalue weighted by Crippen LogP contribution is -2.39. The summed E-state index contributed by atoms with van der Waals surface area (Å²) in [5.74, 6) is -0.309. The molecule has 2 N–H and O–H groups in total. The number of rotatable bonds is 6. The Labute approximate surface area is 160 Å². The molecule has 0 bridgehead atoms. The number of nitrogens with zero attached hydrogens (tertiary/aromatic N) is 1. The smallest absolute Gasteiger partial charge is 0.374 e. The molecule has 1 aromatic heterocycles. The summed E-state index contributed by atoms with van der Waals surface area (Å²) in [7, 11) is 1.62. The van der Waals surface area contributed by atoms with Gasteiger partial charge in [-0.2, -0.15) is 13.2 Å². The van der Waals surface area contributed by atoms with E-state index in [0.717, 1.165) is 11.8 Å². The summed E-state index contributed by atoms with van der Waals surface area (Å²) < 4.78 is 57.8. The zero-order valence-electron chi connectivity index (χ0n) is 15.2. The molecule has 5 nitrogen and oxygen atoms in total. The third-order valence-corrected chi connectivity index (χ3v) is 5.04. The molecule has 28 heavy (non-hydrogen) atoms. The first-order valence-electron chi connectivity index (χ1n) is 8.83. The van der Waals surface area contributed by atoms with Gasteiger partial charge in [0, 0.05) is 19.5 Å². The van der Waals surface area contributed by atoms with Crippen molar-refractivity contribution < 1.29 is 27.1 Å². The number of alkyl halides is 3. The molecule has 1 saturated carbocycles. The molecule has 1 aliphatic rings. The van der Waals surface area contributed by atoms with Crippen molar-refractivity contribution in [2.45, 2.75) is 43.6 Å². The fraction of sp³-hybridized carbons (Fsp3) is 0.421. The number of halogens is 4. The highest BCUT2D eigenvalue weighted by Gasteiger charge is 2.38. The van der Waals surface area contributed by atoms with Crippen LogP contribution in [0, 0.1) is 5.82 Å². The second kappa shape index (κ2) is 8.42. The van der Waals surface area contributed by atoms with Gasteiger partial charge in [0.2, 0.25) is 0 Å². The van der Waals surface area contributed by atoms with Crippen LogP contribution in [-0.2, 0) is 21.4 Å². The number of hydrogen-bond acceptors (Lipinski definition) is 5. The van der Waals surface area contributed by atoms with E-state index in [4.69, 9.17) is 9.57 Å². The Kier molecular flexibility index (Phi) is 6.17. The maximum Gasteiger partial charge on any atom is 0.419 e. The van der Waals surface area contributed by atoms with Gasteiger partial charge in [-0.1, -0.05) is 12.1 Å². The average molecular weight is 399 g/mol. The number of benzene rings is 1. The molecule has 152 valence electrons. The molecule has 0 amide bonds. The summed E-state index contributed by atoms with van der Waals surface area (Å²) in [5.41, 5.74) is 4.17. The Morgan fingerprint density at radius 3 is 2.39 bits per heavy atom. The molecule has 3 rings (SSSR count). The van der Waals surface area contributed by atoms with Crippen LogP contribution in [0.1, 0.15) is 36.8 Å². The molecule has 1 heterocycles. The molecule has 0 saturated heterocycles. The lowest BCUT2D eigenvalue weighted by atomic mass is 9.78. The molecule has 0 atom stereocenters. The lowest BCUT2D eigenvalue weighted by molar-refractivity contribution is -0.137. The number of hydrazine groups is 1. The van der Waals surface area contributed by atoms with Crippen molar-refractivity contribution in [2.24, 2.45) is 0 Å². The summed E-state index contributed by atoms with van der Waals surface area (Å²) in [6.45, 7) is 0. The van der Waals surface area contributed by atoms with Crippen molar-refractivity contribution >= 4 is 5.69 Å². The summed E-state index contributed by atoms with van der Waals surface area (Å²) >= 11 is 0. The Morgan fingerprint density at radius 1 is 1.11 bits per heavy atom. The van der Waals surface area contributed by atoms with Crippen molar-refractivity contribution in [3.05, 3.63) is 59.7 Å². The van der Waals surface area contributed by atoms with Crippen LogP contribution in [-0.4, -0.2) is 18.2 Å². The van der Waals surface area contributed by atoms with Gasteiger partial charge in [0.05, 0.1) is 23.0 Å². The van der Waals surface area contributed by atoms with Crippen molar-refractivity contribution in [1.82, 2.24) is 10.6 Å². The van der Waals surface area contributed by atoms with Gasteiger partial charge in [0.15, 0.2) is 0 Å². The quantitative estimate of drug-likeness (QED) is 0.551. The van der Waals surface area contributed by atoms with E-state index in [1.807, 2.05) is 0 Å². The van der Waals surface area contributed by atoms with Gasteiger partial charge >= 0.3 is 6.18 Å². The number of nitrogens with one attached hydrogen (secondary N) is 2. The molecule has 1 aromatic carbocycles. The second-order valence-corrected chi connectivity index (χ2v) is 6.67. The molecule has 1 fully saturated rings. The van der Waals surface area contributed by atoms with Crippen LogP contribution in [0.2, 0.25) is 0 Å². The van der Waals surface area contributed by atoms with E-state index < -0.39 is 17.3 Å². The Morgan fingerprint density at radius 2 is 1.79 bits per heavy atom. The lowest BCUT2D eigenvalue weighted by Gasteiger charge is -2.39. The highest BCUT2D eigenvalue weighted by atomic mass is 19.4. The minimum Gasteiger partial charge on any atom is -0.374 e. The number of hydrogen-bond donors (Lipinski definition) is 2. The summed E-state index contributed by atoms with van der Waals surface area (Å²) in [6, 6.07) is 7.43. The van der Waals surface area contributed by atoms with Gasteiger partial charge < -0.3 is 4.74 Å². The predicted molar refractivity (Wildman–Crippen MR) is 94.4 cm³/mol. The first kappa shape index (κ1) is 20.5. The number of pyridine rings is 1. The zero-order valence-corrected chi connectivity index (χ0v) is 15.2. The maximum absolute atomic E-state index is 13.2. The van der Waals surface area contributed by atoms with Crippen molar-refractivity contribution in [1.29, 1.82) is 0 Å². The van der Waals surface area contributed by atoms with Gasteiger partial charge in [-0.15, -0.1) is 5.59 Å². The van der Waals surface area contributed by atoms with Gasteiger partial charge in [-0.05, 0) is 49.4 Å². The van der Waals surface area contributed by atoms with Crippen LogP contribution in [0.25, 0.3) is 0 Å². The molecule has 2 aromatic rings. The number of anilines is 1. The highest BCUT2D eigenvalue weighted by Crippen LogP contribution is 2.41. The largest absolute Gasteiger partial charge is 0.419 e. The van der Waals surface area contributed by atoms with E-state index in [9.17, 15) is 17.6 Å². The van der Waals surface area contributed by atoms with E-state index in [0.29, 0.717) is 25.7 Å². The predicted octanol–water partition coefficient (Wildman–Crippen LogP) is 4.57. The first-order chi connectivity index (χ1) is 13.3. The normalized spacial score (nSPS) is 22.8. The van der Waals surface area contributed by atoms with Crippen molar-refractivity contribution in [3.8, 4) is 0 Å². The third-order valence-electron chi connectivity index (χ3n) is 5.04. The number of ether oxygens (including phenoxy) is 1. The SMILES string of the molecule is COC1(c2ccc(F)cc2)CCC(ONNc2ccncc2C(F)(F)F)CC1. The Balaban J connectivity index is 1.54. The first-order valence-corrected chi connectivity index (χ1v) is 8.83.